The van der Waals surface area contributed by atoms with Crippen molar-refractivity contribution in [1.29, 1.82) is 0 Å². The average molecular weight is 210 g/mol. The molecule has 1 rings (SSSR count). The van der Waals surface area contributed by atoms with Crippen molar-refractivity contribution in [2.75, 3.05) is 19.6 Å². The van der Waals surface area contributed by atoms with Crippen molar-refractivity contribution in [3.05, 3.63) is 12.2 Å². The molecule has 0 unspecified atom stereocenters. The number of likely N-dealkylation sites (tertiary alicyclic amines) is 1. The summed E-state index contributed by atoms with van der Waals surface area (Å²) in [4.78, 5) is 13.4. The fourth-order valence-electron chi connectivity index (χ4n) is 1.70. The molecular formula is C12H22N2O. The van der Waals surface area contributed by atoms with E-state index in [1.165, 1.54) is 12.8 Å². The molecule has 1 saturated heterocycles. The first-order chi connectivity index (χ1) is 7.34. The summed E-state index contributed by atoms with van der Waals surface area (Å²) in [5.41, 5.74) is 0. The van der Waals surface area contributed by atoms with Crippen molar-refractivity contribution in [2.24, 2.45) is 0 Å². The largest absolute Gasteiger partial charge is 0.335 e. The lowest BCUT2D eigenvalue weighted by atomic mass is 10.2. The van der Waals surface area contributed by atoms with Gasteiger partial charge in [-0.1, -0.05) is 31.9 Å². The monoisotopic (exact) mass is 210 g/mol. The number of nitrogens with zero attached hydrogens (tertiary/aromatic N) is 1. The third-order valence-electron chi connectivity index (χ3n) is 2.66. The van der Waals surface area contributed by atoms with Gasteiger partial charge in [0.05, 0.1) is 0 Å². The molecule has 1 aliphatic rings. The van der Waals surface area contributed by atoms with E-state index in [-0.39, 0.29) is 6.03 Å². The number of carbonyl (C=O) groups excluding carboxylic acids is 1. The van der Waals surface area contributed by atoms with Crippen LogP contribution in [0.25, 0.3) is 0 Å². The Morgan fingerprint density at radius 2 is 2.07 bits per heavy atom. The van der Waals surface area contributed by atoms with Gasteiger partial charge in [-0.15, -0.1) is 0 Å². The van der Waals surface area contributed by atoms with Crippen molar-refractivity contribution >= 4 is 6.03 Å². The summed E-state index contributed by atoms with van der Waals surface area (Å²) >= 11 is 0. The van der Waals surface area contributed by atoms with Crippen molar-refractivity contribution in [2.45, 2.75) is 39.0 Å². The second-order valence-corrected chi connectivity index (χ2v) is 3.99. The number of unbranched alkanes of at least 4 members (excludes halogenated alkanes) is 2. The van der Waals surface area contributed by atoms with Crippen molar-refractivity contribution in [3.63, 3.8) is 0 Å². The van der Waals surface area contributed by atoms with Gasteiger partial charge in [0.1, 0.15) is 0 Å². The van der Waals surface area contributed by atoms with Crippen LogP contribution in [0.5, 0.6) is 0 Å². The molecule has 0 aromatic carbocycles. The van der Waals surface area contributed by atoms with Crippen LogP contribution in [-0.2, 0) is 0 Å². The molecule has 0 aliphatic carbocycles. The lowest BCUT2D eigenvalue weighted by Crippen LogP contribution is -2.37. The number of rotatable bonds is 5. The minimum absolute atomic E-state index is 0.0904. The fraction of sp³-hybridized carbons (Fsp3) is 0.750. The predicted octanol–water partition coefficient (Wildman–Crippen LogP) is 2.54. The van der Waals surface area contributed by atoms with Crippen molar-refractivity contribution in [1.82, 2.24) is 10.2 Å². The Balaban J connectivity index is 2.03. The molecule has 0 atom stereocenters. The van der Waals surface area contributed by atoms with Crippen LogP contribution in [0.2, 0.25) is 0 Å². The summed E-state index contributed by atoms with van der Waals surface area (Å²) in [7, 11) is 0. The molecule has 3 nitrogen and oxygen atoms in total. The molecule has 0 aromatic rings. The molecule has 86 valence electrons. The van der Waals surface area contributed by atoms with Crippen molar-refractivity contribution < 1.29 is 4.79 Å². The summed E-state index contributed by atoms with van der Waals surface area (Å²) in [6, 6.07) is 0.0904. The maximum atomic E-state index is 11.5. The highest BCUT2D eigenvalue weighted by molar-refractivity contribution is 5.74. The average Bonchev–Trinajstić information content (AvgIpc) is 2.76. The van der Waals surface area contributed by atoms with E-state index in [2.05, 4.69) is 18.3 Å². The zero-order valence-electron chi connectivity index (χ0n) is 9.67. The van der Waals surface area contributed by atoms with Crippen LogP contribution in [0.4, 0.5) is 4.79 Å². The SMILES string of the molecule is CCCCC=CCNC(=O)N1CCCC1. The standard InChI is InChI=1S/C12H22N2O/c1-2-3-4-5-6-9-13-12(15)14-10-7-8-11-14/h5-6H,2-4,7-11H2,1H3,(H,13,15). The van der Waals surface area contributed by atoms with Gasteiger partial charge in [0, 0.05) is 19.6 Å². The first-order valence-electron chi connectivity index (χ1n) is 6.02. The number of hydrogen-bond donors (Lipinski definition) is 1. The Labute approximate surface area is 92.5 Å². The third kappa shape index (κ3) is 4.86. The van der Waals surface area contributed by atoms with Crippen LogP contribution in [0.1, 0.15) is 39.0 Å². The normalized spacial score (nSPS) is 16.2. The molecule has 15 heavy (non-hydrogen) atoms. The number of hydrogen-bond acceptors (Lipinski definition) is 1. The lowest BCUT2D eigenvalue weighted by Gasteiger charge is -2.14. The van der Waals surface area contributed by atoms with Crippen LogP contribution in [0, 0.1) is 0 Å². The molecule has 0 saturated carbocycles. The van der Waals surface area contributed by atoms with Gasteiger partial charge < -0.3 is 10.2 Å². The van der Waals surface area contributed by atoms with Crippen LogP contribution in [0.15, 0.2) is 12.2 Å². The molecule has 0 aromatic heterocycles. The smallest absolute Gasteiger partial charge is 0.317 e. The van der Waals surface area contributed by atoms with E-state index < -0.39 is 0 Å². The highest BCUT2D eigenvalue weighted by Crippen LogP contribution is 2.06. The van der Waals surface area contributed by atoms with E-state index in [4.69, 9.17) is 0 Å². The number of urea groups is 1. The topological polar surface area (TPSA) is 32.3 Å². The predicted molar refractivity (Wildman–Crippen MR) is 62.9 cm³/mol. The van der Waals surface area contributed by atoms with E-state index in [9.17, 15) is 4.79 Å². The summed E-state index contributed by atoms with van der Waals surface area (Å²) in [5.74, 6) is 0. The maximum Gasteiger partial charge on any atom is 0.317 e. The summed E-state index contributed by atoms with van der Waals surface area (Å²) in [6.45, 7) is 4.69. The zero-order valence-corrected chi connectivity index (χ0v) is 9.67. The molecule has 1 fully saturated rings. The minimum Gasteiger partial charge on any atom is -0.335 e. The lowest BCUT2D eigenvalue weighted by molar-refractivity contribution is 0.210. The Morgan fingerprint density at radius 1 is 1.33 bits per heavy atom. The second-order valence-electron chi connectivity index (χ2n) is 3.99. The Morgan fingerprint density at radius 3 is 2.73 bits per heavy atom. The van der Waals surface area contributed by atoms with E-state index in [0.717, 1.165) is 32.4 Å². The second kappa shape index (κ2) is 7.32. The molecule has 0 spiro atoms. The van der Waals surface area contributed by atoms with Crippen LogP contribution in [0.3, 0.4) is 0 Å². The highest BCUT2D eigenvalue weighted by Gasteiger charge is 2.16. The first kappa shape index (κ1) is 12.1. The van der Waals surface area contributed by atoms with Gasteiger partial charge in [-0.2, -0.15) is 0 Å². The summed E-state index contributed by atoms with van der Waals surface area (Å²) in [6.07, 6.45) is 10.1. The van der Waals surface area contributed by atoms with E-state index >= 15 is 0 Å². The molecule has 0 bridgehead atoms. The molecule has 2 amide bonds. The van der Waals surface area contributed by atoms with Gasteiger partial charge in [0.2, 0.25) is 0 Å². The Kier molecular flexibility index (Phi) is 5.90. The summed E-state index contributed by atoms with van der Waals surface area (Å²) < 4.78 is 0. The van der Waals surface area contributed by atoms with Gasteiger partial charge in [0.15, 0.2) is 0 Å². The van der Waals surface area contributed by atoms with Crippen LogP contribution >= 0.6 is 0 Å². The molecule has 1 aliphatic heterocycles. The molecular weight excluding hydrogens is 188 g/mol. The van der Waals surface area contributed by atoms with Gasteiger partial charge in [-0.25, -0.2) is 4.79 Å². The highest BCUT2D eigenvalue weighted by atomic mass is 16.2. The van der Waals surface area contributed by atoms with Gasteiger partial charge in [-0.3, -0.25) is 0 Å². The first-order valence-corrected chi connectivity index (χ1v) is 6.02. The van der Waals surface area contributed by atoms with E-state index in [1.54, 1.807) is 0 Å². The number of allylic oxidation sites excluding steroid dienone is 1. The number of amides is 2. The molecule has 1 heterocycles. The molecule has 1 N–H and O–H groups in total. The minimum atomic E-state index is 0.0904. The fourth-order valence-corrected chi connectivity index (χ4v) is 1.70. The number of nitrogens with one attached hydrogen (secondary N) is 1. The van der Waals surface area contributed by atoms with Crippen LogP contribution < -0.4 is 5.32 Å². The van der Waals surface area contributed by atoms with Gasteiger partial charge >= 0.3 is 6.03 Å². The summed E-state index contributed by atoms with van der Waals surface area (Å²) in [5, 5.41) is 2.90. The number of carbonyl (C=O) groups is 1. The van der Waals surface area contributed by atoms with E-state index in [1.807, 2.05) is 11.0 Å². The Bertz CT molecular complexity index is 208. The maximum absolute atomic E-state index is 11.5. The zero-order chi connectivity index (χ0) is 10.9. The Hall–Kier alpha value is -0.990. The van der Waals surface area contributed by atoms with Crippen LogP contribution in [-0.4, -0.2) is 30.6 Å². The molecule has 3 heteroatoms. The van der Waals surface area contributed by atoms with E-state index in [0.29, 0.717) is 6.54 Å². The molecule has 0 radical (unpaired) electrons. The third-order valence-corrected chi connectivity index (χ3v) is 2.66. The van der Waals surface area contributed by atoms with Gasteiger partial charge in [-0.05, 0) is 19.3 Å². The van der Waals surface area contributed by atoms with Crippen molar-refractivity contribution in [3.8, 4) is 0 Å². The quantitative estimate of drug-likeness (QED) is 0.549. The van der Waals surface area contributed by atoms with Gasteiger partial charge in [0.25, 0.3) is 0 Å².